The number of hydrogen-bond donors (Lipinski definition) is 1. The molecule has 0 amide bonds. The van der Waals surface area contributed by atoms with Gasteiger partial charge in [0.05, 0.1) is 0 Å². The fourth-order valence-corrected chi connectivity index (χ4v) is 3.03. The Morgan fingerprint density at radius 3 is 2.21 bits per heavy atom. The zero-order chi connectivity index (χ0) is 14.4. The smallest absolute Gasteiger partial charge is 0.0246 e. The molecule has 0 bridgehead atoms. The molecule has 0 aromatic carbocycles. The number of nitrogens with zero attached hydrogens (tertiary/aromatic N) is 1. The molecule has 4 unspecified atom stereocenters. The summed E-state index contributed by atoms with van der Waals surface area (Å²) in [6.45, 7) is 17.8. The Bertz CT molecular complexity index is 239. The highest BCUT2D eigenvalue weighted by Gasteiger charge is 2.32. The molecule has 0 aromatic rings. The van der Waals surface area contributed by atoms with E-state index in [4.69, 9.17) is 0 Å². The van der Waals surface area contributed by atoms with Crippen molar-refractivity contribution < 1.29 is 0 Å². The second kappa shape index (κ2) is 8.26. The average Bonchev–Trinajstić information content (AvgIpc) is 2.42. The number of hydrogen-bond acceptors (Lipinski definition) is 2. The third-order valence-corrected chi connectivity index (χ3v) is 5.11. The van der Waals surface area contributed by atoms with Gasteiger partial charge in [-0.25, -0.2) is 0 Å². The molecule has 2 heteroatoms. The largest absolute Gasteiger partial charge is 0.311 e. The first-order valence-electron chi connectivity index (χ1n) is 8.46. The Balaban J connectivity index is 2.62. The summed E-state index contributed by atoms with van der Waals surface area (Å²) in [7, 11) is 0. The molecule has 4 atom stereocenters. The van der Waals surface area contributed by atoms with E-state index in [1.54, 1.807) is 0 Å². The van der Waals surface area contributed by atoms with E-state index in [1.807, 2.05) is 0 Å². The first-order valence-corrected chi connectivity index (χ1v) is 8.46. The molecule has 0 spiro atoms. The molecule has 1 aliphatic heterocycles. The van der Waals surface area contributed by atoms with Gasteiger partial charge in [0.1, 0.15) is 0 Å². The second-order valence-electron chi connectivity index (χ2n) is 7.03. The zero-order valence-corrected chi connectivity index (χ0v) is 14.1. The summed E-state index contributed by atoms with van der Waals surface area (Å²) < 4.78 is 0. The molecule has 1 N–H and O–H groups in total. The fourth-order valence-electron chi connectivity index (χ4n) is 3.03. The van der Waals surface area contributed by atoms with Crippen LogP contribution in [0, 0.1) is 17.8 Å². The first kappa shape index (κ1) is 17.0. The summed E-state index contributed by atoms with van der Waals surface area (Å²) in [4.78, 5) is 2.78. The predicted molar refractivity (Wildman–Crippen MR) is 85.5 cm³/mol. The van der Waals surface area contributed by atoms with E-state index in [1.165, 1.54) is 38.9 Å². The molecule has 0 aromatic heterocycles. The van der Waals surface area contributed by atoms with Gasteiger partial charge in [0, 0.05) is 25.2 Å². The lowest BCUT2D eigenvalue weighted by molar-refractivity contribution is 0.0719. The summed E-state index contributed by atoms with van der Waals surface area (Å²) in [5.74, 6) is 2.41. The van der Waals surface area contributed by atoms with Gasteiger partial charge in [0.15, 0.2) is 0 Å². The van der Waals surface area contributed by atoms with E-state index in [0.29, 0.717) is 6.04 Å². The standard InChI is InChI=1S/C17H36N2/c1-7-14(5)16-12-19(10-9-13(3)4)17(11-18-16)15(6)8-2/h13-18H,7-12H2,1-6H3. The molecule has 1 aliphatic rings. The van der Waals surface area contributed by atoms with E-state index in [0.717, 1.165) is 23.8 Å². The first-order chi connectivity index (χ1) is 8.99. The molecule has 1 heterocycles. The van der Waals surface area contributed by atoms with Gasteiger partial charge in [-0.05, 0) is 30.7 Å². The predicted octanol–water partition coefficient (Wildman–Crippen LogP) is 3.77. The highest BCUT2D eigenvalue weighted by atomic mass is 15.2. The highest BCUT2D eigenvalue weighted by molar-refractivity contribution is 4.90. The lowest BCUT2D eigenvalue weighted by atomic mass is 9.90. The summed E-state index contributed by atoms with van der Waals surface area (Å²) in [6, 6.07) is 1.43. The summed E-state index contributed by atoms with van der Waals surface area (Å²) in [5, 5.41) is 3.81. The minimum absolute atomic E-state index is 0.692. The van der Waals surface area contributed by atoms with Gasteiger partial charge >= 0.3 is 0 Å². The lowest BCUT2D eigenvalue weighted by Gasteiger charge is -2.45. The molecule has 0 saturated carbocycles. The highest BCUT2D eigenvalue weighted by Crippen LogP contribution is 2.22. The maximum Gasteiger partial charge on any atom is 0.0246 e. The molecule has 19 heavy (non-hydrogen) atoms. The van der Waals surface area contributed by atoms with Crippen LogP contribution in [0.3, 0.4) is 0 Å². The summed E-state index contributed by atoms with van der Waals surface area (Å²) >= 11 is 0. The molecule has 2 nitrogen and oxygen atoms in total. The molecule has 1 saturated heterocycles. The minimum Gasteiger partial charge on any atom is -0.311 e. The van der Waals surface area contributed by atoms with Gasteiger partial charge in [-0.15, -0.1) is 0 Å². The summed E-state index contributed by atoms with van der Waals surface area (Å²) in [5.41, 5.74) is 0. The molecule has 1 rings (SSSR count). The Kier molecular flexibility index (Phi) is 7.38. The Labute approximate surface area is 121 Å². The SMILES string of the molecule is CCC(C)C1CN(CCC(C)C)C(C(C)CC)CN1. The molecule has 1 fully saturated rings. The van der Waals surface area contributed by atoms with Crippen molar-refractivity contribution in [3.05, 3.63) is 0 Å². The van der Waals surface area contributed by atoms with Crippen LogP contribution in [0.5, 0.6) is 0 Å². The quantitative estimate of drug-likeness (QED) is 0.756. The second-order valence-corrected chi connectivity index (χ2v) is 7.03. The van der Waals surface area contributed by atoms with Crippen molar-refractivity contribution in [3.63, 3.8) is 0 Å². The summed E-state index contributed by atoms with van der Waals surface area (Å²) in [6.07, 6.45) is 3.91. The van der Waals surface area contributed by atoms with Crippen LogP contribution in [0.1, 0.15) is 60.8 Å². The fraction of sp³-hybridized carbons (Fsp3) is 1.00. The Morgan fingerprint density at radius 2 is 1.68 bits per heavy atom. The molecular formula is C17H36N2. The molecule has 0 aliphatic carbocycles. The lowest BCUT2D eigenvalue weighted by Crippen LogP contribution is -2.60. The minimum atomic E-state index is 0.692. The average molecular weight is 268 g/mol. The maximum atomic E-state index is 3.81. The molecular weight excluding hydrogens is 232 g/mol. The van der Waals surface area contributed by atoms with Crippen molar-refractivity contribution in [1.82, 2.24) is 10.2 Å². The van der Waals surface area contributed by atoms with Crippen LogP contribution in [0.4, 0.5) is 0 Å². The maximum absolute atomic E-state index is 3.81. The van der Waals surface area contributed by atoms with Crippen LogP contribution < -0.4 is 5.32 Å². The third-order valence-electron chi connectivity index (χ3n) is 5.11. The normalized spacial score (nSPS) is 28.6. The van der Waals surface area contributed by atoms with Crippen molar-refractivity contribution in [2.24, 2.45) is 17.8 Å². The molecule has 0 radical (unpaired) electrons. The Hall–Kier alpha value is -0.0800. The van der Waals surface area contributed by atoms with Gasteiger partial charge < -0.3 is 5.32 Å². The topological polar surface area (TPSA) is 15.3 Å². The van der Waals surface area contributed by atoms with E-state index in [2.05, 4.69) is 51.8 Å². The van der Waals surface area contributed by atoms with E-state index in [-0.39, 0.29) is 0 Å². The van der Waals surface area contributed by atoms with Crippen molar-refractivity contribution >= 4 is 0 Å². The van der Waals surface area contributed by atoms with Crippen LogP contribution in [0.25, 0.3) is 0 Å². The van der Waals surface area contributed by atoms with Gasteiger partial charge in [0.25, 0.3) is 0 Å². The van der Waals surface area contributed by atoms with Crippen LogP contribution in [-0.2, 0) is 0 Å². The number of rotatable bonds is 7. The van der Waals surface area contributed by atoms with Crippen LogP contribution in [0.2, 0.25) is 0 Å². The zero-order valence-electron chi connectivity index (χ0n) is 14.1. The number of piperazine rings is 1. The van der Waals surface area contributed by atoms with E-state index < -0.39 is 0 Å². The van der Waals surface area contributed by atoms with E-state index >= 15 is 0 Å². The van der Waals surface area contributed by atoms with Gasteiger partial charge in [-0.3, -0.25) is 4.90 Å². The van der Waals surface area contributed by atoms with Crippen molar-refractivity contribution in [2.45, 2.75) is 72.9 Å². The van der Waals surface area contributed by atoms with E-state index in [9.17, 15) is 0 Å². The van der Waals surface area contributed by atoms with Crippen LogP contribution in [0.15, 0.2) is 0 Å². The Morgan fingerprint density at radius 1 is 1.05 bits per heavy atom. The van der Waals surface area contributed by atoms with Gasteiger partial charge in [-0.1, -0.05) is 54.4 Å². The molecule has 114 valence electrons. The van der Waals surface area contributed by atoms with Crippen LogP contribution >= 0.6 is 0 Å². The van der Waals surface area contributed by atoms with Gasteiger partial charge in [-0.2, -0.15) is 0 Å². The third kappa shape index (κ3) is 5.07. The van der Waals surface area contributed by atoms with Crippen LogP contribution in [-0.4, -0.2) is 36.6 Å². The van der Waals surface area contributed by atoms with Crippen molar-refractivity contribution in [2.75, 3.05) is 19.6 Å². The van der Waals surface area contributed by atoms with Crippen molar-refractivity contribution in [3.8, 4) is 0 Å². The van der Waals surface area contributed by atoms with Crippen molar-refractivity contribution in [1.29, 1.82) is 0 Å². The van der Waals surface area contributed by atoms with Gasteiger partial charge in [0.2, 0.25) is 0 Å². The number of nitrogens with one attached hydrogen (secondary N) is 1. The monoisotopic (exact) mass is 268 g/mol.